The molecule has 3 rings (SSSR count). The van der Waals surface area contributed by atoms with Crippen molar-refractivity contribution in [2.75, 3.05) is 12.4 Å². The molecule has 104 valence electrons. The van der Waals surface area contributed by atoms with Crippen LogP contribution in [-0.4, -0.2) is 28.7 Å². The lowest BCUT2D eigenvalue weighted by Gasteiger charge is -2.16. The highest BCUT2D eigenvalue weighted by Gasteiger charge is 2.58. The van der Waals surface area contributed by atoms with Crippen molar-refractivity contribution in [3.05, 3.63) is 33.9 Å². The van der Waals surface area contributed by atoms with E-state index in [1.807, 2.05) is 0 Å². The van der Waals surface area contributed by atoms with Gasteiger partial charge in [0.1, 0.15) is 5.69 Å². The van der Waals surface area contributed by atoms with Gasteiger partial charge in [-0.25, -0.2) is 0 Å². The van der Waals surface area contributed by atoms with Gasteiger partial charge in [0.25, 0.3) is 5.69 Å². The number of nitrogens with one attached hydrogen (secondary N) is 1. The quantitative estimate of drug-likeness (QED) is 0.505. The van der Waals surface area contributed by atoms with E-state index >= 15 is 0 Å². The van der Waals surface area contributed by atoms with Gasteiger partial charge in [0.05, 0.1) is 23.3 Å². The summed E-state index contributed by atoms with van der Waals surface area (Å²) in [5.41, 5.74) is 1.04. The molecule has 2 fully saturated rings. The van der Waals surface area contributed by atoms with Gasteiger partial charge in [-0.2, -0.15) is 0 Å². The van der Waals surface area contributed by atoms with Crippen molar-refractivity contribution in [1.82, 2.24) is 4.90 Å². The zero-order chi connectivity index (χ0) is 14.4. The number of hydrogen-bond acceptors (Lipinski definition) is 5. The molecule has 20 heavy (non-hydrogen) atoms. The number of nitro groups is 1. The maximum Gasteiger partial charge on any atom is 0.292 e. The molecule has 1 N–H and O–H groups in total. The molecular formula is C13H13N3O4. The van der Waals surface area contributed by atoms with E-state index in [2.05, 4.69) is 5.32 Å². The summed E-state index contributed by atoms with van der Waals surface area (Å²) in [5, 5.41) is 13.6. The summed E-state index contributed by atoms with van der Waals surface area (Å²) < 4.78 is 0. The molecule has 1 saturated heterocycles. The third-order valence-electron chi connectivity index (χ3n) is 3.82. The van der Waals surface area contributed by atoms with Gasteiger partial charge in [-0.15, -0.1) is 0 Å². The minimum Gasteiger partial charge on any atom is -0.383 e. The second kappa shape index (κ2) is 4.29. The number of nitrogens with zero attached hydrogens (tertiary/aromatic N) is 2. The topological polar surface area (TPSA) is 92.6 Å². The maximum atomic E-state index is 11.9. The van der Waals surface area contributed by atoms with Crippen molar-refractivity contribution in [1.29, 1.82) is 0 Å². The summed E-state index contributed by atoms with van der Waals surface area (Å²) >= 11 is 0. The molecule has 7 nitrogen and oxygen atoms in total. The Kier molecular flexibility index (Phi) is 2.70. The van der Waals surface area contributed by atoms with E-state index in [1.165, 1.54) is 11.0 Å². The first kappa shape index (κ1) is 12.6. The second-order valence-corrected chi connectivity index (χ2v) is 5.07. The molecule has 1 aliphatic heterocycles. The number of piperidine rings is 1. The largest absolute Gasteiger partial charge is 0.383 e. The van der Waals surface area contributed by atoms with E-state index in [9.17, 15) is 19.7 Å². The summed E-state index contributed by atoms with van der Waals surface area (Å²) in [6.45, 7) is 0.178. The van der Waals surface area contributed by atoms with Crippen LogP contribution in [0.5, 0.6) is 0 Å². The fourth-order valence-corrected chi connectivity index (χ4v) is 2.63. The predicted molar refractivity (Wildman–Crippen MR) is 69.8 cm³/mol. The Morgan fingerprint density at radius 1 is 1.35 bits per heavy atom. The van der Waals surface area contributed by atoms with Crippen molar-refractivity contribution in [3.8, 4) is 0 Å². The van der Waals surface area contributed by atoms with Crippen molar-refractivity contribution in [2.24, 2.45) is 11.8 Å². The number of nitro benzene ring substituents is 1. The number of amides is 2. The molecule has 1 aliphatic carbocycles. The van der Waals surface area contributed by atoms with Gasteiger partial charge in [0.15, 0.2) is 0 Å². The minimum atomic E-state index is -0.475. The third-order valence-corrected chi connectivity index (χ3v) is 3.82. The first-order valence-corrected chi connectivity index (χ1v) is 6.33. The zero-order valence-corrected chi connectivity index (χ0v) is 10.8. The fraction of sp³-hybridized carbons (Fsp3) is 0.385. The van der Waals surface area contributed by atoms with Crippen LogP contribution in [0.2, 0.25) is 0 Å². The molecule has 7 heteroatoms. The number of imide groups is 1. The van der Waals surface area contributed by atoms with Crippen molar-refractivity contribution < 1.29 is 14.5 Å². The van der Waals surface area contributed by atoms with Crippen molar-refractivity contribution >= 4 is 23.2 Å². The van der Waals surface area contributed by atoms with E-state index in [4.69, 9.17) is 0 Å². The number of likely N-dealkylation sites (tertiary alicyclic amines) is 1. The van der Waals surface area contributed by atoms with E-state index in [0.29, 0.717) is 17.7 Å². The summed E-state index contributed by atoms with van der Waals surface area (Å²) in [5.74, 6) is -0.484. The van der Waals surface area contributed by atoms with Crippen LogP contribution in [0.1, 0.15) is 12.0 Å². The standard InChI is InChI=1S/C13H13N3O4/c1-14-10-4-7(2-3-11(10)16(19)20)6-15-12(17)8-5-9(8)13(15)18/h2-4,8-9,14H,5-6H2,1H3. The van der Waals surface area contributed by atoms with Gasteiger partial charge < -0.3 is 5.32 Å². The van der Waals surface area contributed by atoms with Gasteiger partial charge in [0, 0.05) is 13.1 Å². The van der Waals surface area contributed by atoms with Gasteiger partial charge >= 0.3 is 0 Å². The molecule has 2 unspecified atom stereocenters. The highest BCUT2D eigenvalue weighted by Crippen LogP contribution is 2.47. The normalized spacial score (nSPS) is 23.8. The van der Waals surface area contributed by atoms with Crippen LogP contribution in [0.25, 0.3) is 0 Å². The average molecular weight is 275 g/mol. The zero-order valence-electron chi connectivity index (χ0n) is 10.8. The summed E-state index contributed by atoms with van der Waals surface area (Å²) in [7, 11) is 1.59. The average Bonchev–Trinajstić information content (AvgIpc) is 3.18. The Labute approximate surface area is 114 Å². The maximum absolute atomic E-state index is 11.9. The predicted octanol–water partition coefficient (Wildman–Crippen LogP) is 1.14. The number of carbonyl (C=O) groups is 2. The number of anilines is 1. The fourth-order valence-electron chi connectivity index (χ4n) is 2.63. The number of benzene rings is 1. The molecule has 2 amide bonds. The number of rotatable bonds is 4. The lowest BCUT2D eigenvalue weighted by molar-refractivity contribution is -0.384. The Morgan fingerprint density at radius 2 is 2.00 bits per heavy atom. The Balaban J connectivity index is 1.83. The van der Waals surface area contributed by atoms with Gasteiger partial charge in [-0.3, -0.25) is 24.6 Å². The van der Waals surface area contributed by atoms with Crippen LogP contribution >= 0.6 is 0 Å². The van der Waals surface area contributed by atoms with Crippen LogP contribution < -0.4 is 5.32 Å². The molecule has 2 atom stereocenters. The first-order chi connectivity index (χ1) is 9.52. The van der Waals surface area contributed by atoms with Crippen LogP contribution in [0.3, 0.4) is 0 Å². The second-order valence-electron chi connectivity index (χ2n) is 5.07. The van der Waals surface area contributed by atoms with Crippen molar-refractivity contribution in [2.45, 2.75) is 13.0 Å². The molecule has 1 aromatic rings. The highest BCUT2D eigenvalue weighted by molar-refractivity contribution is 6.08. The molecule has 0 radical (unpaired) electrons. The van der Waals surface area contributed by atoms with E-state index < -0.39 is 4.92 Å². The summed E-state index contributed by atoms with van der Waals surface area (Å²) in [4.78, 5) is 35.4. The lowest BCUT2D eigenvalue weighted by atomic mass is 10.1. The van der Waals surface area contributed by atoms with Crippen molar-refractivity contribution in [3.63, 3.8) is 0 Å². The smallest absolute Gasteiger partial charge is 0.292 e. The molecule has 1 heterocycles. The van der Waals surface area contributed by atoms with Crippen LogP contribution in [0, 0.1) is 22.0 Å². The van der Waals surface area contributed by atoms with Gasteiger partial charge in [-0.1, -0.05) is 6.07 Å². The van der Waals surface area contributed by atoms with Gasteiger partial charge in [0.2, 0.25) is 11.8 Å². The molecular weight excluding hydrogens is 262 g/mol. The van der Waals surface area contributed by atoms with E-state index in [0.717, 1.165) is 0 Å². The monoisotopic (exact) mass is 275 g/mol. The number of fused-ring (bicyclic) bond motifs is 1. The van der Waals surface area contributed by atoms with E-state index in [1.54, 1.807) is 19.2 Å². The summed E-state index contributed by atoms with van der Waals surface area (Å²) in [6.07, 6.45) is 0.677. The molecule has 2 aliphatic rings. The highest BCUT2D eigenvalue weighted by atomic mass is 16.6. The van der Waals surface area contributed by atoms with Crippen LogP contribution in [0.15, 0.2) is 18.2 Å². The molecule has 0 aromatic heterocycles. The molecule has 0 bridgehead atoms. The number of hydrogen-bond donors (Lipinski definition) is 1. The summed E-state index contributed by atoms with van der Waals surface area (Å²) in [6, 6.07) is 4.55. The Morgan fingerprint density at radius 3 is 2.55 bits per heavy atom. The SMILES string of the molecule is CNc1cc(CN2C(=O)C3CC3C2=O)ccc1[N+](=O)[O-]. The Bertz CT molecular complexity index is 608. The number of carbonyl (C=O) groups excluding carboxylic acids is 2. The first-order valence-electron chi connectivity index (χ1n) is 6.33. The lowest BCUT2D eigenvalue weighted by Crippen LogP contribution is -2.32. The van der Waals surface area contributed by atoms with Crippen LogP contribution in [0.4, 0.5) is 11.4 Å². The van der Waals surface area contributed by atoms with Crippen LogP contribution in [-0.2, 0) is 16.1 Å². The molecule has 0 spiro atoms. The Hall–Kier alpha value is -2.44. The van der Waals surface area contributed by atoms with E-state index in [-0.39, 0.29) is 35.9 Å². The molecule has 1 aromatic carbocycles. The third kappa shape index (κ3) is 1.82. The van der Waals surface area contributed by atoms with Gasteiger partial charge in [-0.05, 0) is 18.1 Å². The minimum absolute atomic E-state index is 0.0295. The molecule has 1 saturated carbocycles.